The minimum absolute atomic E-state index is 0. The Bertz CT molecular complexity index is 2910. The normalized spacial score (nSPS) is 11.6. The van der Waals surface area contributed by atoms with Gasteiger partial charge in [0.15, 0.2) is 5.41 Å². The fraction of sp³-hybridized carbons (Fsp3) is 0.298. The van der Waals surface area contributed by atoms with Gasteiger partial charge in [0.1, 0.15) is 42.1 Å². The van der Waals surface area contributed by atoms with E-state index in [0.717, 1.165) is 21.2 Å². The van der Waals surface area contributed by atoms with Crippen LogP contribution >= 0.6 is 11.6 Å². The standard InChI is InChI=1S/C12H13NO3.C11H12FNO3.C10H10FNO3.C7H8FN.C7H9N.C5H6O4.C4H5ClO3.CH4.Li.H2O/c1-13(9-5-3-2-4-6-9)10(14)12(7-8-12)11(15)16;1-13(10(14)7-11(15)16-2)9-6-4-3-5-8(9)12;1-12(9(13)6-10(14)15)8-5-3-2-4-7(8)11;1-9-7-5-3-2-4-6(7)8;1-8-7-5-3-2-4-6-7;6-3(7)5(1-2-5)4(8)9;1-8-4(7)2-3(5)6;;;/h2-6H,7-8H2,1H3,(H,15,16);3-6H,7H2,1-2H3;2-5H,6H2,1H3,(H,14,15);2-5,9H,1H3;2-6,8H,1H3;1-2H2,(H,6,7)(H,8,9);2H2,1H3;1H4;;1H2/q;;;;;;;;+1;/p-1. The summed E-state index contributed by atoms with van der Waals surface area (Å²) >= 11 is 4.81. The molecule has 452 valence electrons. The molecule has 0 spiro atoms. The number of hydrogen-bond donors (Lipinski definition) is 6. The van der Waals surface area contributed by atoms with E-state index in [-0.39, 0.29) is 74.1 Å². The molecule has 7 rings (SSSR count). The van der Waals surface area contributed by atoms with Gasteiger partial charge in [-0.1, -0.05) is 80.2 Å². The van der Waals surface area contributed by atoms with Gasteiger partial charge in [-0.05, 0) is 97.9 Å². The van der Waals surface area contributed by atoms with Crippen LogP contribution in [0.25, 0.3) is 0 Å². The van der Waals surface area contributed by atoms with Crippen molar-refractivity contribution >= 4 is 98.8 Å². The maximum absolute atomic E-state index is 13.3. The Morgan fingerprint density at radius 2 is 0.869 bits per heavy atom. The molecule has 0 saturated heterocycles. The molecule has 7 N–H and O–H groups in total. The van der Waals surface area contributed by atoms with Crippen molar-refractivity contribution in [2.24, 2.45) is 10.8 Å². The van der Waals surface area contributed by atoms with Gasteiger partial charge in [0.05, 0.1) is 31.3 Å². The van der Waals surface area contributed by atoms with Crippen molar-refractivity contribution in [3.05, 3.63) is 151 Å². The van der Waals surface area contributed by atoms with Crippen LogP contribution in [0.4, 0.5) is 41.6 Å². The number of hydrogen-bond acceptors (Lipinski definition) is 15. The van der Waals surface area contributed by atoms with Crippen LogP contribution in [0.2, 0.25) is 0 Å². The maximum Gasteiger partial charge on any atom is 1.00 e. The second kappa shape index (κ2) is 40.4. The van der Waals surface area contributed by atoms with Crippen molar-refractivity contribution in [3.63, 3.8) is 0 Å². The third kappa shape index (κ3) is 27.3. The predicted octanol–water partition coefficient (Wildman–Crippen LogP) is 5.44. The van der Waals surface area contributed by atoms with Crippen molar-refractivity contribution in [1.29, 1.82) is 0 Å². The average Bonchev–Trinajstić information content (AvgIpc) is 4.49. The van der Waals surface area contributed by atoms with E-state index in [1.54, 1.807) is 56.6 Å². The third-order valence-corrected chi connectivity index (χ3v) is 11.4. The van der Waals surface area contributed by atoms with Crippen LogP contribution < -0.4 is 44.2 Å². The molecule has 0 aromatic heterocycles. The first kappa shape index (κ1) is 79.5. The molecular weight excluding hydrogens is 1130 g/mol. The molecule has 3 amide bonds. The third-order valence-electron chi connectivity index (χ3n) is 11.3. The minimum Gasteiger partial charge on any atom is -0.870 e. The number of ether oxygens (including phenoxy) is 2. The van der Waals surface area contributed by atoms with Crippen LogP contribution in [0.1, 0.15) is 52.4 Å². The Morgan fingerprint density at radius 3 is 1.15 bits per heavy atom. The summed E-state index contributed by atoms with van der Waals surface area (Å²) in [6, 6.07) is 37.2. The van der Waals surface area contributed by atoms with E-state index in [9.17, 15) is 61.1 Å². The van der Waals surface area contributed by atoms with Crippen LogP contribution in [0.5, 0.6) is 0 Å². The number of carbonyl (C=O) groups is 10. The number of anilines is 5. The van der Waals surface area contributed by atoms with E-state index in [2.05, 4.69) is 20.1 Å². The number of methoxy groups -OCH3 is 2. The molecule has 2 fully saturated rings. The summed E-state index contributed by atoms with van der Waals surface area (Å²) in [6.45, 7) is 0. The molecule has 0 aliphatic heterocycles. The van der Waals surface area contributed by atoms with Crippen molar-refractivity contribution in [2.45, 2.75) is 52.4 Å². The maximum atomic E-state index is 13.3. The van der Waals surface area contributed by atoms with E-state index in [0.29, 0.717) is 18.5 Å². The van der Waals surface area contributed by atoms with Crippen LogP contribution in [-0.2, 0) is 57.4 Å². The van der Waals surface area contributed by atoms with Crippen LogP contribution in [0.15, 0.2) is 133 Å². The van der Waals surface area contributed by atoms with Gasteiger partial charge in [-0.25, -0.2) is 13.2 Å². The van der Waals surface area contributed by atoms with Gasteiger partial charge in [0.25, 0.3) is 0 Å². The topological polar surface area (TPSA) is 334 Å². The number of halogens is 4. The van der Waals surface area contributed by atoms with Gasteiger partial charge in [-0.15, -0.1) is 0 Å². The molecule has 22 nitrogen and oxygen atoms in total. The Morgan fingerprint density at radius 1 is 0.512 bits per heavy atom. The first-order valence-corrected chi connectivity index (χ1v) is 24.3. The SMILES string of the molecule is C.CN(C(=O)C1(C(=O)O)CC1)c1ccccc1.CN(C(=O)CC(=O)O)c1ccccc1F.CNc1ccccc1.CNc1ccccc1F.COC(=O)CC(=O)Cl.COC(=O)CC(=O)N(C)c1ccccc1F.O=C(O)C1(C(=O)O)CC1.[Li+].[OH-]. The zero-order valence-corrected chi connectivity index (χ0v) is 47.4. The molecule has 2 aliphatic rings. The summed E-state index contributed by atoms with van der Waals surface area (Å²) in [5.41, 5.74) is 0.0510. The molecule has 0 heterocycles. The van der Waals surface area contributed by atoms with Crippen molar-refractivity contribution in [3.8, 4) is 0 Å². The summed E-state index contributed by atoms with van der Waals surface area (Å²) in [5.74, 6) is -8.70. The molecular formula is C57H68ClF3LiN5O17. The molecule has 27 heteroatoms. The first-order valence-electron chi connectivity index (χ1n) is 23.9. The molecule has 5 aromatic rings. The van der Waals surface area contributed by atoms with E-state index < -0.39 is 88.2 Å². The molecule has 2 saturated carbocycles. The number of nitrogens with zero attached hydrogens (tertiary/aromatic N) is 3. The molecule has 5 aromatic carbocycles. The second-order valence-corrected chi connectivity index (χ2v) is 17.3. The molecule has 84 heavy (non-hydrogen) atoms. The van der Waals surface area contributed by atoms with E-state index >= 15 is 0 Å². The van der Waals surface area contributed by atoms with Gasteiger partial charge in [-0.2, -0.15) is 0 Å². The van der Waals surface area contributed by atoms with Crippen LogP contribution in [-0.4, -0.2) is 134 Å². The number of para-hydroxylation sites is 5. The molecule has 0 unspecified atom stereocenters. The summed E-state index contributed by atoms with van der Waals surface area (Å²) in [4.78, 5) is 111. The summed E-state index contributed by atoms with van der Waals surface area (Å²) < 4.78 is 47.5. The Labute approximate surface area is 501 Å². The number of benzene rings is 5. The molecule has 0 atom stereocenters. The average molecular weight is 1190 g/mol. The monoisotopic (exact) mass is 1190 g/mol. The number of carboxylic acid groups (broad SMARTS) is 4. The minimum atomic E-state index is -1.42. The molecule has 0 radical (unpaired) electrons. The Hall–Kier alpha value is -8.76. The van der Waals surface area contributed by atoms with Gasteiger partial charge < -0.3 is 60.7 Å². The summed E-state index contributed by atoms with van der Waals surface area (Å²) in [7, 11) is 10.3. The first-order chi connectivity index (χ1) is 38.2. The van der Waals surface area contributed by atoms with Crippen molar-refractivity contribution in [1.82, 2.24) is 0 Å². The summed E-state index contributed by atoms with van der Waals surface area (Å²) in [6.07, 6.45) is 0.0379. The van der Waals surface area contributed by atoms with E-state index in [1.807, 2.05) is 55.6 Å². The predicted molar refractivity (Wildman–Crippen MR) is 303 cm³/mol. The fourth-order valence-corrected chi connectivity index (χ4v) is 6.22. The van der Waals surface area contributed by atoms with Crippen molar-refractivity contribution in [2.75, 3.05) is 74.8 Å². The number of amides is 3. The van der Waals surface area contributed by atoms with Gasteiger partial charge in [-0.3, -0.25) is 47.9 Å². The van der Waals surface area contributed by atoms with Crippen LogP contribution in [0, 0.1) is 28.3 Å². The van der Waals surface area contributed by atoms with E-state index in [1.165, 1.54) is 75.7 Å². The zero-order valence-electron chi connectivity index (χ0n) is 46.6. The smallest absolute Gasteiger partial charge is 0.870 e. The quantitative estimate of drug-likeness (QED) is 0.0329. The number of aliphatic carboxylic acids is 4. The Kier molecular flexibility index (Phi) is 38.2. The largest absolute Gasteiger partial charge is 1.00 e. The van der Waals surface area contributed by atoms with Gasteiger partial charge >= 0.3 is 54.7 Å². The Balaban J connectivity index is -0.000000923. The second-order valence-electron chi connectivity index (χ2n) is 16.9. The fourth-order valence-electron chi connectivity index (χ4n) is 6.11. The zero-order chi connectivity index (χ0) is 61.5. The number of carboxylic acids is 4. The van der Waals surface area contributed by atoms with Crippen molar-refractivity contribution < 1.29 is 115 Å². The number of esters is 2. The molecule has 2 aliphatic carbocycles. The van der Waals surface area contributed by atoms with Gasteiger partial charge in [0.2, 0.25) is 23.0 Å². The number of rotatable bonds is 15. The summed E-state index contributed by atoms with van der Waals surface area (Å²) in [5, 5.41) is 39.1. The van der Waals surface area contributed by atoms with Crippen LogP contribution in [0.3, 0.4) is 0 Å². The molecule has 0 bridgehead atoms. The van der Waals surface area contributed by atoms with Gasteiger partial charge in [0, 0.05) is 46.6 Å². The number of nitrogens with one attached hydrogen (secondary N) is 2. The van der Waals surface area contributed by atoms with E-state index in [4.69, 9.17) is 32.0 Å². The number of carbonyl (C=O) groups excluding carboxylic acids is 6.